The monoisotopic (exact) mass is 1240 g/mol. The molecule has 6 N–H and O–H groups in total. The van der Waals surface area contributed by atoms with Crippen LogP contribution in [0.5, 0.6) is 34.8 Å². The van der Waals surface area contributed by atoms with Gasteiger partial charge in [-0.25, -0.2) is 34.4 Å². The Labute approximate surface area is 523 Å². The van der Waals surface area contributed by atoms with Crippen LogP contribution in [0, 0.1) is 6.92 Å². The second-order valence-electron chi connectivity index (χ2n) is 25.2. The van der Waals surface area contributed by atoms with Crippen molar-refractivity contribution in [3.05, 3.63) is 115 Å². The minimum Gasteiger partial charge on any atom is -0.506 e. The molecule has 4 aliphatic rings. The standard InChI is InChI=1S/C26H31N7O3.C21H23N5O2S.C17H18N6O2/c1-15-14-33-24(28-15)21(35-6)10-19(31-33)16-9-20(34)23(27-13-16)18-7-8-22(30-29-18)36-17-11-25(2,3)32-26(4,5)12-17;1-20(2)10-14(11-21(26-20)5-6-21)28-17-4-3-15(24-25-17)18-16(27)9-13(12-23-18)19-22-7-8-29-19;1-18-12-4-6-23(10-12)15-3-2-13(21-22-15)16-14(24)8-11(9-20-16)17-19-5-7-25-17/h7-10,13-14,17,32,34H,11-12H2,1-6H3;3-4,7-9,12,14,26-27H,5-6,10-11H2,1-2H3;2-3,5,7-9,12,18,24H,4,6,10H2,1H3/t;;12-/m..1/s1. The van der Waals surface area contributed by atoms with Crippen molar-refractivity contribution in [2.24, 2.45) is 0 Å². The Kier molecular flexibility index (Phi) is 16.8. The van der Waals surface area contributed by atoms with Gasteiger partial charge in [0, 0.05) is 126 Å². The van der Waals surface area contributed by atoms with Gasteiger partial charge >= 0.3 is 0 Å². The molecule has 1 saturated carbocycles. The number of piperidine rings is 2. The summed E-state index contributed by atoms with van der Waals surface area (Å²) in [5.41, 5.74) is 6.86. The molecule has 0 radical (unpaired) electrons. The number of aryl methyl sites for hydroxylation is 1. The van der Waals surface area contributed by atoms with Crippen LogP contribution in [0.3, 0.4) is 0 Å². The molecule has 2 atom stereocenters. The van der Waals surface area contributed by atoms with Crippen LogP contribution in [0.15, 0.2) is 114 Å². The third kappa shape index (κ3) is 14.1. The van der Waals surface area contributed by atoms with Crippen LogP contribution < -0.4 is 35.1 Å². The Morgan fingerprint density at radius 2 is 1.22 bits per heavy atom. The zero-order valence-electron chi connectivity index (χ0n) is 51.6. The first-order valence-corrected chi connectivity index (χ1v) is 30.7. The van der Waals surface area contributed by atoms with Crippen LogP contribution >= 0.6 is 11.3 Å². The average molecular weight is 1240 g/mol. The molecule has 10 aromatic heterocycles. The van der Waals surface area contributed by atoms with E-state index >= 15 is 0 Å². The van der Waals surface area contributed by atoms with Crippen molar-refractivity contribution in [1.82, 2.24) is 86.1 Å². The zero-order valence-corrected chi connectivity index (χ0v) is 52.4. The molecular formula is C64H72N18O7S. The van der Waals surface area contributed by atoms with E-state index in [1.165, 1.54) is 30.4 Å². The van der Waals surface area contributed by atoms with E-state index in [0.717, 1.165) is 67.3 Å². The summed E-state index contributed by atoms with van der Waals surface area (Å²) in [6.45, 7) is 16.9. The number of aromatic nitrogens is 14. The fraction of sp³-hybridized carbons (Fsp3) is 0.391. The molecule has 0 bridgehead atoms. The number of fused-ring (bicyclic) bond motifs is 1. The number of ether oxygens (including phenoxy) is 3. The maximum absolute atomic E-state index is 10.7. The van der Waals surface area contributed by atoms with Gasteiger partial charge in [0.1, 0.15) is 74.9 Å². The molecular weight excluding hydrogens is 1160 g/mol. The van der Waals surface area contributed by atoms with Crippen LogP contribution in [-0.4, -0.2) is 153 Å². The highest BCUT2D eigenvalue weighted by molar-refractivity contribution is 7.13. The SMILES string of the molecule is CC1(C)CC(Oc2ccc(-c3ncc(-c4nccs4)cc3O)nn2)CC2(CC2)N1.CN[C@@H]1CCN(c2ccc(-c3ncc(-c4ncco4)cc3O)nn2)C1.COc1cc(-c2cnc(-c3ccc(OC4CC(C)(C)NC(C)(C)C4)nn3)c(O)c2)nn2cc(C)nc12. The maximum atomic E-state index is 10.7. The molecule has 26 heteroatoms. The van der Waals surface area contributed by atoms with E-state index in [-0.39, 0.29) is 51.6 Å². The summed E-state index contributed by atoms with van der Waals surface area (Å²) in [6, 6.07) is 17.9. The first-order chi connectivity index (χ1) is 43.2. The van der Waals surface area contributed by atoms with E-state index in [4.69, 9.17) is 18.6 Å². The zero-order chi connectivity index (χ0) is 63.0. The van der Waals surface area contributed by atoms with Gasteiger partial charge in [0.15, 0.2) is 17.2 Å². The van der Waals surface area contributed by atoms with Gasteiger partial charge in [-0.1, -0.05) is 0 Å². The number of hydrogen-bond acceptors (Lipinski definition) is 25. The molecule has 1 aliphatic carbocycles. The number of rotatable bonds is 13. The van der Waals surface area contributed by atoms with E-state index in [0.29, 0.717) is 86.1 Å². The van der Waals surface area contributed by atoms with Gasteiger partial charge in [0.2, 0.25) is 17.7 Å². The molecule has 25 nitrogen and oxygen atoms in total. The number of hydrogen-bond donors (Lipinski definition) is 6. The van der Waals surface area contributed by atoms with E-state index in [1.54, 1.807) is 91.1 Å². The molecule has 466 valence electrons. The Bertz CT molecular complexity index is 4090. The number of anilines is 1. The Hall–Kier alpha value is -9.37. The van der Waals surface area contributed by atoms with Crippen LogP contribution in [0.1, 0.15) is 92.2 Å². The third-order valence-corrected chi connectivity index (χ3v) is 16.9. The van der Waals surface area contributed by atoms with Crippen LogP contribution in [-0.2, 0) is 0 Å². The van der Waals surface area contributed by atoms with Gasteiger partial charge in [-0.3, -0.25) is 0 Å². The number of nitrogens with one attached hydrogen (secondary N) is 3. The first-order valence-electron chi connectivity index (χ1n) is 29.8. The smallest absolute Gasteiger partial charge is 0.233 e. The third-order valence-electron chi connectivity index (χ3n) is 16.1. The predicted octanol–water partition coefficient (Wildman–Crippen LogP) is 9.47. The second kappa shape index (κ2) is 24.9. The average Bonchev–Trinajstić information content (AvgIpc) is 1.69. The number of methoxy groups -OCH3 is 1. The van der Waals surface area contributed by atoms with Gasteiger partial charge in [0.25, 0.3) is 0 Å². The van der Waals surface area contributed by atoms with Gasteiger partial charge in [-0.2, -0.15) is 5.10 Å². The number of aromatic hydroxyl groups is 3. The van der Waals surface area contributed by atoms with Crippen molar-refractivity contribution in [2.75, 3.05) is 32.1 Å². The minimum atomic E-state index is -0.0304. The molecule has 13 heterocycles. The molecule has 10 aromatic rings. The van der Waals surface area contributed by atoms with Gasteiger partial charge in [-0.15, -0.1) is 41.9 Å². The quantitative estimate of drug-likeness (QED) is 0.0626. The lowest BCUT2D eigenvalue weighted by molar-refractivity contribution is 0.0524. The summed E-state index contributed by atoms with van der Waals surface area (Å²) in [7, 11) is 3.56. The lowest BCUT2D eigenvalue weighted by Gasteiger charge is -2.46. The molecule has 3 saturated heterocycles. The fourth-order valence-electron chi connectivity index (χ4n) is 12.4. The summed E-state index contributed by atoms with van der Waals surface area (Å²) in [6.07, 6.45) is 18.8. The molecule has 1 spiro atoms. The minimum absolute atomic E-state index is 0.00849. The number of likely N-dealkylation sites (N-methyl/N-ethyl adjacent to an activating group) is 1. The molecule has 1 unspecified atom stereocenters. The van der Waals surface area contributed by atoms with E-state index in [2.05, 4.69) is 128 Å². The van der Waals surface area contributed by atoms with Crippen molar-refractivity contribution < 1.29 is 33.9 Å². The molecule has 90 heavy (non-hydrogen) atoms. The van der Waals surface area contributed by atoms with Gasteiger partial charge in [0.05, 0.1) is 36.5 Å². The predicted molar refractivity (Wildman–Crippen MR) is 338 cm³/mol. The van der Waals surface area contributed by atoms with Crippen LogP contribution in [0.25, 0.3) is 73.1 Å². The van der Waals surface area contributed by atoms with Gasteiger partial charge < -0.3 is 54.8 Å². The largest absolute Gasteiger partial charge is 0.506 e. The van der Waals surface area contributed by atoms with Crippen molar-refractivity contribution in [3.8, 4) is 102 Å². The summed E-state index contributed by atoms with van der Waals surface area (Å²) in [4.78, 5) is 28.0. The van der Waals surface area contributed by atoms with Gasteiger partial charge in [-0.05, 0) is 117 Å². The van der Waals surface area contributed by atoms with E-state index in [9.17, 15) is 15.3 Å². The number of nitrogens with zero attached hydrogens (tertiary/aromatic N) is 15. The molecule has 3 aliphatic heterocycles. The van der Waals surface area contributed by atoms with E-state index < -0.39 is 0 Å². The summed E-state index contributed by atoms with van der Waals surface area (Å²) < 4.78 is 24.7. The highest BCUT2D eigenvalue weighted by Crippen LogP contribution is 2.47. The lowest BCUT2D eigenvalue weighted by atomic mass is 9.81. The summed E-state index contributed by atoms with van der Waals surface area (Å²) in [5.74, 6) is 2.81. The molecule has 14 rings (SSSR count). The summed E-state index contributed by atoms with van der Waals surface area (Å²) >= 11 is 1.50. The second-order valence-corrected chi connectivity index (χ2v) is 26.1. The molecule has 4 fully saturated rings. The number of thiazole rings is 1. The number of pyridine rings is 3. The fourth-order valence-corrected chi connectivity index (χ4v) is 13.0. The number of imidazole rings is 1. The van der Waals surface area contributed by atoms with Crippen LogP contribution in [0.4, 0.5) is 5.82 Å². The van der Waals surface area contributed by atoms with E-state index in [1.807, 2.05) is 37.7 Å². The Balaban J connectivity index is 0.000000133. The molecule has 0 amide bonds. The highest BCUT2D eigenvalue weighted by Gasteiger charge is 2.52. The van der Waals surface area contributed by atoms with Crippen molar-refractivity contribution in [3.63, 3.8) is 0 Å². The Morgan fingerprint density at radius 3 is 1.74 bits per heavy atom. The topological polar surface area (TPSA) is 313 Å². The maximum Gasteiger partial charge on any atom is 0.233 e. The molecule has 0 aromatic carbocycles. The van der Waals surface area contributed by atoms with Crippen molar-refractivity contribution >= 4 is 22.8 Å². The highest BCUT2D eigenvalue weighted by atomic mass is 32.1. The normalized spacial score (nSPS) is 18.7. The first kappa shape index (κ1) is 60.9. The summed E-state index contributed by atoms with van der Waals surface area (Å²) in [5, 5.41) is 74.9. The van der Waals surface area contributed by atoms with Crippen LogP contribution in [0.2, 0.25) is 0 Å². The van der Waals surface area contributed by atoms with Crippen molar-refractivity contribution in [2.45, 2.75) is 134 Å². The van der Waals surface area contributed by atoms with Crippen molar-refractivity contribution in [1.29, 1.82) is 0 Å². The lowest BCUT2D eigenvalue weighted by Crippen LogP contribution is -2.60. The number of oxazole rings is 1. The Morgan fingerprint density at radius 1 is 0.644 bits per heavy atom.